The number of aryl methyl sites for hydroxylation is 1. The van der Waals surface area contributed by atoms with E-state index >= 15 is 0 Å². The molecule has 0 radical (unpaired) electrons. The van der Waals surface area contributed by atoms with E-state index in [4.69, 9.17) is 5.21 Å². The Morgan fingerprint density at radius 1 is 1.14 bits per heavy atom. The molecule has 1 heterocycles. The maximum absolute atomic E-state index is 13.6. The second-order valence-electron chi connectivity index (χ2n) is 4.68. The number of hydrogen-bond acceptors (Lipinski definition) is 5. The van der Waals surface area contributed by atoms with E-state index in [1.165, 1.54) is 18.5 Å². The van der Waals surface area contributed by atoms with E-state index in [0.29, 0.717) is 16.7 Å². The number of halogens is 1. The summed E-state index contributed by atoms with van der Waals surface area (Å²) in [5.74, 6) is -0.0349. The number of anilines is 3. The Balaban J connectivity index is 2.09. The first-order chi connectivity index (χ1) is 10.2. The predicted octanol–water partition coefficient (Wildman–Crippen LogP) is 3.62. The van der Waals surface area contributed by atoms with Crippen molar-refractivity contribution in [3.05, 3.63) is 54.1 Å². The molecule has 0 fully saturated rings. The summed E-state index contributed by atoms with van der Waals surface area (Å²) in [4.78, 5) is 8.22. The quantitative estimate of drug-likeness (QED) is 0.641. The van der Waals surface area contributed by atoms with Gasteiger partial charge in [-0.15, -0.1) is 0 Å². The van der Waals surface area contributed by atoms with Gasteiger partial charge in [-0.25, -0.2) is 14.4 Å². The smallest absolute Gasteiger partial charge is 0.150 e. The van der Waals surface area contributed by atoms with Crippen LogP contribution in [0.15, 0.2) is 42.7 Å². The number of nitrogens with one attached hydrogen (secondary N) is 2. The summed E-state index contributed by atoms with van der Waals surface area (Å²) in [7, 11) is 0. The largest absolute Gasteiger partial charge is 0.340 e. The fraction of sp³-hybridized carbons (Fsp3) is 0.0667. The number of aromatic nitrogens is 2. The summed E-state index contributed by atoms with van der Waals surface area (Å²) in [6.07, 6.45) is 1.37. The molecule has 0 saturated heterocycles. The minimum absolute atomic E-state index is 0.0235. The van der Waals surface area contributed by atoms with E-state index in [0.717, 1.165) is 11.3 Å². The first kappa shape index (κ1) is 13.3. The van der Waals surface area contributed by atoms with Crippen molar-refractivity contribution in [1.29, 1.82) is 0 Å². The van der Waals surface area contributed by atoms with E-state index in [2.05, 4.69) is 15.3 Å². The third-order valence-electron chi connectivity index (χ3n) is 3.13. The van der Waals surface area contributed by atoms with Gasteiger partial charge in [0.15, 0.2) is 5.82 Å². The molecule has 0 amide bonds. The molecule has 0 atom stereocenters. The van der Waals surface area contributed by atoms with E-state index in [9.17, 15) is 4.39 Å². The number of benzene rings is 2. The van der Waals surface area contributed by atoms with Crippen molar-refractivity contribution in [2.45, 2.75) is 6.92 Å². The maximum atomic E-state index is 13.6. The van der Waals surface area contributed by atoms with Gasteiger partial charge < -0.3 is 5.32 Å². The van der Waals surface area contributed by atoms with Crippen molar-refractivity contribution < 1.29 is 9.60 Å². The van der Waals surface area contributed by atoms with Crippen molar-refractivity contribution in [1.82, 2.24) is 9.97 Å². The van der Waals surface area contributed by atoms with Gasteiger partial charge in [-0.3, -0.25) is 10.7 Å². The van der Waals surface area contributed by atoms with Crippen molar-refractivity contribution in [3.63, 3.8) is 0 Å². The van der Waals surface area contributed by atoms with Crippen molar-refractivity contribution in [3.8, 4) is 0 Å². The average molecular weight is 284 g/mol. The average Bonchev–Trinajstić information content (AvgIpc) is 2.47. The SMILES string of the molecule is Cc1cccc(Nc2ncnc3cc(F)c(NO)cc23)c1. The molecule has 3 rings (SSSR count). The molecule has 0 aliphatic carbocycles. The molecule has 1 aromatic heterocycles. The van der Waals surface area contributed by atoms with Crippen LogP contribution in [0.4, 0.5) is 21.6 Å². The number of fused-ring (bicyclic) bond motifs is 1. The van der Waals surface area contributed by atoms with Crippen LogP contribution in [0.3, 0.4) is 0 Å². The predicted molar refractivity (Wildman–Crippen MR) is 79.4 cm³/mol. The van der Waals surface area contributed by atoms with Crippen LogP contribution in [0.5, 0.6) is 0 Å². The molecule has 0 aliphatic rings. The van der Waals surface area contributed by atoms with Gasteiger partial charge in [0.2, 0.25) is 0 Å². The molecule has 3 N–H and O–H groups in total. The molecule has 3 aromatic rings. The lowest BCUT2D eigenvalue weighted by molar-refractivity contribution is 0.384. The molecule has 21 heavy (non-hydrogen) atoms. The highest BCUT2D eigenvalue weighted by molar-refractivity contribution is 5.93. The minimum atomic E-state index is -0.579. The van der Waals surface area contributed by atoms with E-state index < -0.39 is 5.82 Å². The fourth-order valence-electron chi connectivity index (χ4n) is 2.12. The number of nitrogens with zero attached hydrogens (tertiary/aromatic N) is 2. The van der Waals surface area contributed by atoms with Crippen LogP contribution in [-0.4, -0.2) is 15.2 Å². The molecule has 0 saturated carbocycles. The van der Waals surface area contributed by atoms with E-state index in [1.807, 2.05) is 36.7 Å². The van der Waals surface area contributed by atoms with Gasteiger partial charge in [-0.1, -0.05) is 12.1 Å². The Kier molecular flexibility index (Phi) is 3.37. The summed E-state index contributed by atoms with van der Waals surface area (Å²) in [5, 5.41) is 12.7. The highest BCUT2D eigenvalue weighted by atomic mass is 19.1. The van der Waals surface area contributed by atoms with Gasteiger partial charge in [0.25, 0.3) is 0 Å². The second kappa shape index (κ2) is 5.34. The highest BCUT2D eigenvalue weighted by Crippen LogP contribution is 2.27. The second-order valence-corrected chi connectivity index (χ2v) is 4.68. The van der Waals surface area contributed by atoms with Gasteiger partial charge in [0.05, 0.1) is 11.2 Å². The standard InChI is InChI=1S/C15H13FN4O/c1-9-3-2-4-10(5-9)19-15-11-6-14(20-21)12(16)7-13(11)17-8-18-15/h2-8,20-21H,1H3,(H,17,18,19). The Morgan fingerprint density at radius 3 is 2.76 bits per heavy atom. The molecular formula is C15H13FN4O. The van der Waals surface area contributed by atoms with Gasteiger partial charge >= 0.3 is 0 Å². The zero-order valence-corrected chi connectivity index (χ0v) is 11.3. The monoisotopic (exact) mass is 284 g/mol. The Hall–Kier alpha value is -2.73. The normalized spacial score (nSPS) is 10.6. The summed E-state index contributed by atoms with van der Waals surface area (Å²) in [5.41, 5.74) is 4.25. The van der Waals surface area contributed by atoms with Gasteiger partial charge in [-0.05, 0) is 30.7 Å². The Bertz CT molecular complexity index is 807. The van der Waals surface area contributed by atoms with Gasteiger partial charge in [0.1, 0.15) is 12.1 Å². The minimum Gasteiger partial charge on any atom is -0.340 e. The first-order valence-corrected chi connectivity index (χ1v) is 6.35. The topological polar surface area (TPSA) is 70.1 Å². The van der Waals surface area contributed by atoms with Crippen molar-refractivity contribution in [2.75, 3.05) is 10.8 Å². The van der Waals surface area contributed by atoms with Crippen LogP contribution in [0.25, 0.3) is 10.9 Å². The van der Waals surface area contributed by atoms with Crippen LogP contribution in [0, 0.1) is 12.7 Å². The van der Waals surface area contributed by atoms with Crippen LogP contribution in [0.1, 0.15) is 5.56 Å². The zero-order valence-electron chi connectivity index (χ0n) is 11.3. The van der Waals surface area contributed by atoms with Crippen molar-refractivity contribution in [2.24, 2.45) is 0 Å². The van der Waals surface area contributed by atoms with Crippen LogP contribution in [0.2, 0.25) is 0 Å². The lowest BCUT2D eigenvalue weighted by Gasteiger charge is -2.10. The molecule has 5 nitrogen and oxygen atoms in total. The zero-order chi connectivity index (χ0) is 14.8. The van der Waals surface area contributed by atoms with Crippen molar-refractivity contribution >= 4 is 28.1 Å². The molecule has 6 heteroatoms. The van der Waals surface area contributed by atoms with E-state index in [1.54, 1.807) is 0 Å². The molecule has 0 spiro atoms. The lowest BCUT2D eigenvalue weighted by Crippen LogP contribution is -1.99. The number of hydrogen-bond donors (Lipinski definition) is 3. The van der Waals surface area contributed by atoms with Crippen LogP contribution >= 0.6 is 0 Å². The summed E-state index contributed by atoms with van der Waals surface area (Å²) < 4.78 is 13.6. The third-order valence-corrected chi connectivity index (χ3v) is 3.13. The lowest BCUT2D eigenvalue weighted by atomic mass is 10.2. The Morgan fingerprint density at radius 2 is 2.00 bits per heavy atom. The summed E-state index contributed by atoms with van der Waals surface area (Å²) in [6.45, 7) is 1.99. The summed E-state index contributed by atoms with van der Waals surface area (Å²) >= 11 is 0. The molecule has 106 valence electrons. The molecule has 0 unspecified atom stereocenters. The molecule has 2 aromatic carbocycles. The Labute approximate surface area is 120 Å². The maximum Gasteiger partial charge on any atom is 0.150 e. The number of rotatable bonds is 3. The fourth-order valence-corrected chi connectivity index (χ4v) is 2.12. The van der Waals surface area contributed by atoms with Crippen LogP contribution < -0.4 is 10.8 Å². The van der Waals surface area contributed by atoms with Crippen LogP contribution in [-0.2, 0) is 0 Å². The van der Waals surface area contributed by atoms with Gasteiger partial charge in [0, 0.05) is 17.1 Å². The molecule has 0 bridgehead atoms. The van der Waals surface area contributed by atoms with Gasteiger partial charge in [-0.2, -0.15) is 0 Å². The first-order valence-electron chi connectivity index (χ1n) is 6.35. The molecule has 0 aliphatic heterocycles. The third kappa shape index (κ3) is 2.61. The highest BCUT2D eigenvalue weighted by Gasteiger charge is 2.09. The molecular weight excluding hydrogens is 271 g/mol. The van der Waals surface area contributed by atoms with E-state index in [-0.39, 0.29) is 5.69 Å². The summed E-state index contributed by atoms with van der Waals surface area (Å²) in [6, 6.07) is 10.5.